The van der Waals surface area contributed by atoms with E-state index in [0.717, 1.165) is 12.1 Å². The number of hydrogen-bond acceptors (Lipinski definition) is 6. The van der Waals surface area contributed by atoms with Crippen LogP contribution in [0.25, 0.3) is 0 Å². The third-order valence-corrected chi connectivity index (χ3v) is 5.87. The lowest BCUT2D eigenvalue weighted by molar-refractivity contribution is -0.267. The van der Waals surface area contributed by atoms with Gasteiger partial charge in [-0.3, -0.25) is 9.89 Å². The molecule has 1 fully saturated rings. The van der Waals surface area contributed by atoms with Crippen molar-refractivity contribution in [2.24, 2.45) is 0 Å². The number of piperidine rings is 1. The van der Waals surface area contributed by atoms with Crippen molar-refractivity contribution in [3.63, 3.8) is 0 Å². The van der Waals surface area contributed by atoms with Crippen LogP contribution >= 0.6 is 0 Å². The molecule has 2 aliphatic rings. The van der Waals surface area contributed by atoms with Crippen LogP contribution in [0.4, 0.5) is 38.0 Å². The summed E-state index contributed by atoms with van der Waals surface area (Å²) in [6.45, 7) is 0.441. The van der Waals surface area contributed by atoms with Gasteiger partial charge in [0.1, 0.15) is 11.9 Å². The Hall–Kier alpha value is -3.34. The zero-order valence-corrected chi connectivity index (χ0v) is 16.7. The van der Waals surface area contributed by atoms with Crippen molar-refractivity contribution in [2.75, 3.05) is 23.3 Å². The Labute approximate surface area is 182 Å². The number of alkyl halides is 6. The van der Waals surface area contributed by atoms with Crippen molar-refractivity contribution in [1.29, 1.82) is 5.26 Å². The number of nitriles is 1. The number of carbonyl (C=O) groups excluding carboxylic acids is 1. The van der Waals surface area contributed by atoms with E-state index in [4.69, 9.17) is 5.26 Å². The number of aromatic nitrogens is 3. The number of H-pyrrole nitrogens is 1. The molecule has 33 heavy (non-hydrogen) atoms. The molecule has 0 aliphatic carbocycles. The summed E-state index contributed by atoms with van der Waals surface area (Å²) in [5, 5.41) is 27.9. The smallest absolute Gasteiger partial charge is 0.376 e. The second-order valence-electron chi connectivity index (χ2n) is 7.88. The summed E-state index contributed by atoms with van der Waals surface area (Å²) >= 11 is 0. The van der Waals surface area contributed by atoms with Gasteiger partial charge in [-0.05, 0) is 25.0 Å². The highest BCUT2D eigenvalue weighted by molar-refractivity contribution is 5.94. The highest BCUT2D eigenvalue weighted by atomic mass is 19.4. The van der Waals surface area contributed by atoms with E-state index in [1.165, 1.54) is 6.07 Å². The molecule has 0 radical (unpaired) electrons. The van der Waals surface area contributed by atoms with Gasteiger partial charge in [0, 0.05) is 24.7 Å². The van der Waals surface area contributed by atoms with Gasteiger partial charge in [-0.15, -0.1) is 0 Å². The Morgan fingerprint density at radius 3 is 2.42 bits per heavy atom. The minimum Gasteiger partial charge on any atom is -0.376 e. The molecule has 14 heteroatoms. The number of halogens is 6. The van der Waals surface area contributed by atoms with E-state index in [-0.39, 0.29) is 43.3 Å². The van der Waals surface area contributed by atoms with E-state index in [2.05, 4.69) is 20.5 Å². The van der Waals surface area contributed by atoms with Crippen LogP contribution in [0.5, 0.6) is 0 Å². The number of hydrogen-bond donors (Lipinski definition) is 3. The number of nitrogens with zero attached hydrogens (tertiary/aromatic N) is 4. The first-order valence-corrected chi connectivity index (χ1v) is 9.76. The van der Waals surface area contributed by atoms with Gasteiger partial charge >= 0.3 is 12.4 Å². The summed E-state index contributed by atoms with van der Waals surface area (Å²) in [4.78, 5) is 17.1. The second kappa shape index (κ2) is 7.62. The fraction of sp³-hybridized carbons (Fsp3) is 0.474. The monoisotopic (exact) mass is 474 g/mol. The largest absolute Gasteiger partial charge is 0.422 e. The minimum absolute atomic E-state index is 0.0440. The highest BCUT2D eigenvalue weighted by Crippen LogP contribution is 2.49. The average Bonchev–Trinajstić information content (AvgIpc) is 3.16. The van der Waals surface area contributed by atoms with E-state index in [9.17, 15) is 36.2 Å². The first kappa shape index (κ1) is 22.8. The normalized spacial score (nSPS) is 22.0. The van der Waals surface area contributed by atoms with E-state index < -0.39 is 53.0 Å². The number of amides is 1. The van der Waals surface area contributed by atoms with E-state index in [0.29, 0.717) is 0 Å². The van der Waals surface area contributed by atoms with Crippen molar-refractivity contribution in [1.82, 2.24) is 15.2 Å². The van der Waals surface area contributed by atoms with Gasteiger partial charge < -0.3 is 15.3 Å². The number of rotatable bonds is 2. The van der Waals surface area contributed by atoms with Crippen molar-refractivity contribution in [3.8, 4) is 6.07 Å². The number of aliphatic hydroxyl groups is 1. The Bertz CT molecular complexity index is 1130. The molecule has 0 saturated carbocycles. The predicted molar refractivity (Wildman–Crippen MR) is 99.9 cm³/mol. The number of anilines is 2. The Morgan fingerprint density at radius 2 is 1.85 bits per heavy atom. The average molecular weight is 474 g/mol. The van der Waals surface area contributed by atoms with E-state index >= 15 is 0 Å². The Morgan fingerprint density at radius 1 is 1.18 bits per heavy atom. The third-order valence-electron chi connectivity index (χ3n) is 5.87. The maximum Gasteiger partial charge on any atom is 0.422 e. The third kappa shape index (κ3) is 3.86. The maximum absolute atomic E-state index is 13.7. The minimum atomic E-state index is -5.11. The zero-order valence-electron chi connectivity index (χ0n) is 16.7. The standard InChI is InChI=1S/C19H16F6N6O2/c20-18(21,22)10-1-2-12(27-11(10)8-26)31-5-3-9(4-6-31)15-14-16(30-29-15)28-13(32)7-17(14,33)19(23,24)25/h1-2,9,33H,3-7H2,(H2,28,29,30,32). The molecule has 1 saturated heterocycles. The Kier molecular flexibility index (Phi) is 5.27. The van der Waals surface area contributed by atoms with Crippen LogP contribution in [0.15, 0.2) is 12.1 Å². The molecule has 176 valence electrons. The fourth-order valence-electron chi connectivity index (χ4n) is 4.24. The lowest BCUT2D eigenvalue weighted by Crippen LogP contribution is -2.49. The van der Waals surface area contributed by atoms with Crippen molar-refractivity contribution in [2.45, 2.75) is 43.1 Å². The van der Waals surface area contributed by atoms with Crippen LogP contribution in [0, 0.1) is 11.3 Å². The quantitative estimate of drug-likeness (QED) is 0.576. The van der Waals surface area contributed by atoms with Gasteiger partial charge in [0.25, 0.3) is 0 Å². The summed E-state index contributed by atoms with van der Waals surface area (Å²) in [5.74, 6) is -1.75. The Balaban J connectivity index is 1.57. The van der Waals surface area contributed by atoms with Gasteiger partial charge in [-0.1, -0.05) is 0 Å². The van der Waals surface area contributed by atoms with Crippen molar-refractivity contribution in [3.05, 3.63) is 34.6 Å². The number of aromatic amines is 1. The lowest BCUT2D eigenvalue weighted by atomic mass is 9.81. The van der Waals surface area contributed by atoms with Gasteiger partial charge in [-0.25, -0.2) is 4.98 Å². The van der Waals surface area contributed by atoms with Crippen LogP contribution in [0.1, 0.15) is 47.7 Å². The summed E-state index contributed by atoms with van der Waals surface area (Å²) in [6.07, 6.45) is -10.5. The molecule has 0 aromatic carbocycles. The molecular weight excluding hydrogens is 458 g/mol. The first-order valence-electron chi connectivity index (χ1n) is 9.76. The summed E-state index contributed by atoms with van der Waals surface area (Å²) in [7, 11) is 0. The van der Waals surface area contributed by atoms with Crippen molar-refractivity contribution >= 4 is 17.5 Å². The molecule has 4 rings (SSSR count). The summed E-state index contributed by atoms with van der Waals surface area (Å²) < 4.78 is 80.0. The van der Waals surface area contributed by atoms with Crippen LogP contribution in [-0.4, -0.2) is 45.5 Å². The summed E-state index contributed by atoms with van der Waals surface area (Å²) in [6, 6.07) is 3.34. The molecule has 3 N–H and O–H groups in total. The van der Waals surface area contributed by atoms with Crippen LogP contribution < -0.4 is 10.2 Å². The molecule has 2 aromatic rings. The van der Waals surface area contributed by atoms with Crippen molar-refractivity contribution < 1.29 is 36.2 Å². The summed E-state index contributed by atoms with van der Waals surface area (Å²) in [5.41, 5.74) is -5.78. The molecule has 1 amide bonds. The number of nitrogens with one attached hydrogen (secondary N) is 2. The van der Waals surface area contributed by atoms with Gasteiger partial charge in [-0.2, -0.15) is 36.7 Å². The number of carbonyl (C=O) groups is 1. The molecule has 1 atom stereocenters. The SMILES string of the molecule is N#Cc1nc(N2CCC(c3[nH]nc4c3C(O)(C(F)(F)F)CC(=O)N4)CC2)ccc1C(F)(F)F. The molecular formula is C19H16F6N6O2. The number of fused-ring (bicyclic) bond motifs is 1. The molecule has 0 spiro atoms. The van der Waals surface area contributed by atoms with Crippen LogP contribution in [0.2, 0.25) is 0 Å². The van der Waals surface area contributed by atoms with Crippen LogP contribution in [-0.2, 0) is 16.6 Å². The zero-order chi connectivity index (χ0) is 24.2. The van der Waals surface area contributed by atoms with Gasteiger partial charge in [0.2, 0.25) is 5.91 Å². The molecule has 1 unspecified atom stereocenters. The van der Waals surface area contributed by atoms with Crippen LogP contribution in [0.3, 0.4) is 0 Å². The van der Waals surface area contributed by atoms with E-state index in [1.54, 1.807) is 4.90 Å². The maximum atomic E-state index is 13.7. The lowest BCUT2D eigenvalue weighted by Gasteiger charge is -2.37. The van der Waals surface area contributed by atoms with Gasteiger partial charge in [0.05, 0.1) is 17.5 Å². The molecule has 8 nitrogen and oxygen atoms in total. The molecule has 4 heterocycles. The molecule has 0 bridgehead atoms. The first-order chi connectivity index (χ1) is 15.3. The highest BCUT2D eigenvalue weighted by Gasteiger charge is 2.61. The molecule has 2 aliphatic heterocycles. The van der Waals surface area contributed by atoms with E-state index in [1.807, 2.05) is 0 Å². The number of pyridine rings is 1. The van der Waals surface area contributed by atoms with Gasteiger partial charge in [0.15, 0.2) is 17.1 Å². The second-order valence-corrected chi connectivity index (χ2v) is 7.88. The topological polar surface area (TPSA) is 118 Å². The molecule has 2 aromatic heterocycles. The fourth-order valence-corrected chi connectivity index (χ4v) is 4.24. The predicted octanol–water partition coefficient (Wildman–Crippen LogP) is 3.17.